The summed E-state index contributed by atoms with van der Waals surface area (Å²) in [5, 5.41) is 44.0. The normalized spacial score (nSPS) is 44.2. The van der Waals surface area contributed by atoms with Gasteiger partial charge < -0.3 is 29.9 Å². The maximum atomic E-state index is 12.2. The number of hydrogen-bond acceptors (Lipinski definition) is 8. The van der Waals surface area contributed by atoms with Gasteiger partial charge in [0.15, 0.2) is 5.78 Å². The topological polar surface area (TPSA) is 134 Å². The number of esters is 1. The van der Waals surface area contributed by atoms with Crippen LogP contribution in [0.15, 0.2) is 11.1 Å². The molecule has 0 spiro atoms. The first kappa shape index (κ1) is 21.4. The Morgan fingerprint density at radius 3 is 2.39 bits per heavy atom. The van der Waals surface area contributed by atoms with E-state index in [1.807, 2.05) is 13.8 Å². The Bertz CT molecular complexity index is 730. The summed E-state index contributed by atoms with van der Waals surface area (Å²) in [4.78, 5) is 24.2. The van der Waals surface area contributed by atoms with Gasteiger partial charge in [0.2, 0.25) is 5.79 Å². The Kier molecular flexibility index (Phi) is 5.04. The molecule has 3 rings (SSSR count). The molecule has 8 nitrogen and oxygen atoms in total. The molecule has 28 heavy (non-hydrogen) atoms. The third-order valence-corrected chi connectivity index (χ3v) is 6.84. The van der Waals surface area contributed by atoms with Crippen LogP contribution in [0, 0.1) is 17.3 Å². The highest BCUT2D eigenvalue weighted by molar-refractivity contribution is 5.92. The van der Waals surface area contributed by atoms with E-state index >= 15 is 0 Å². The minimum Gasteiger partial charge on any atom is -0.426 e. The number of hydrogen-bond donors (Lipinski definition) is 4. The Hall–Kier alpha value is -1.32. The summed E-state index contributed by atoms with van der Waals surface area (Å²) in [6.45, 7) is 7.92. The first-order valence-electron chi connectivity index (χ1n) is 9.65. The van der Waals surface area contributed by atoms with E-state index in [1.165, 1.54) is 6.92 Å². The lowest BCUT2D eigenvalue weighted by atomic mass is 9.52. The Morgan fingerprint density at radius 1 is 1.32 bits per heavy atom. The summed E-state index contributed by atoms with van der Waals surface area (Å²) in [7, 11) is 0. The van der Waals surface area contributed by atoms with E-state index in [4.69, 9.17) is 9.47 Å². The predicted octanol–water partition coefficient (Wildman–Crippen LogP) is 0.0613. The molecule has 1 unspecified atom stereocenters. The van der Waals surface area contributed by atoms with E-state index in [9.17, 15) is 30.0 Å². The van der Waals surface area contributed by atoms with Crippen molar-refractivity contribution < 1.29 is 39.5 Å². The van der Waals surface area contributed by atoms with E-state index < -0.39 is 52.8 Å². The van der Waals surface area contributed by atoms with E-state index in [0.717, 1.165) is 0 Å². The van der Waals surface area contributed by atoms with Gasteiger partial charge >= 0.3 is 5.97 Å². The lowest BCUT2D eigenvalue weighted by Gasteiger charge is -2.62. The highest BCUT2D eigenvalue weighted by Gasteiger charge is 2.69. The van der Waals surface area contributed by atoms with Crippen molar-refractivity contribution in [2.45, 2.75) is 77.2 Å². The fourth-order valence-corrected chi connectivity index (χ4v) is 5.50. The summed E-state index contributed by atoms with van der Waals surface area (Å²) >= 11 is 0. The molecule has 0 amide bonds. The highest BCUT2D eigenvalue weighted by Crippen LogP contribution is 2.58. The second-order valence-electron chi connectivity index (χ2n) is 9.13. The zero-order valence-corrected chi connectivity index (χ0v) is 16.9. The van der Waals surface area contributed by atoms with Crippen LogP contribution in [0.5, 0.6) is 0 Å². The highest BCUT2D eigenvalue weighted by atomic mass is 16.7. The first-order chi connectivity index (χ1) is 12.8. The van der Waals surface area contributed by atoms with Crippen molar-refractivity contribution in [3.8, 4) is 0 Å². The monoisotopic (exact) mass is 398 g/mol. The minimum atomic E-state index is -1.99. The van der Waals surface area contributed by atoms with Crippen LogP contribution in [0.2, 0.25) is 0 Å². The molecule has 4 N–H and O–H groups in total. The number of cyclic esters (lactones) is 1. The molecule has 1 saturated heterocycles. The second kappa shape index (κ2) is 6.60. The van der Waals surface area contributed by atoms with Crippen LogP contribution < -0.4 is 0 Å². The van der Waals surface area contributed by atoms with Crippen molar-refractivity contribution in [2.75, 3.05) is 6.61 Å². The summed E-state index contributed by atoms with van der Waals surface area (Å²) in [5.74, 6) is -4.51. The molecule has 1 aliphatic carbocycles. The molecule has 3 aliphatic rings. The van der Waals surface area contributed by atoms with Crippen LogP contribution >= 0.6 is 0 Å². The summed E-state index contributed by atoms with van der Waals surface area (Å²) in [6, 6.07) is 0. The van der Waals surface area contributed by atoms with Crippen molar-refractivity contribution in [1.82, 2.24) is 0 Å². The van der Waals surface area contributed by atoms with Crippen molar-refractivity contribution in [1.29, 1.82) is 0 Å². The van der Waals surface area contributed by atoms with Crippen molar-refractivity contribution in [3.63, 3.8) is 0 Å². The number of aliphatic hydroxyl groups is 4. The van der Waals surface area contributed by atoms with Gasteiger partial charge in [0.1, 0.15) is 11.7 Å². The summed E-state index contributed by atoms with van der Waals surface area (Å²) in [6.07, 6.45) is -3.56. The van der Waals surface area contributed by atoms with Crippen molar-refractivity contribution >= 4 is 11.8 Å². The number of fused-ring (bicyclic) bond motifs is 1. The van der Waals surface area contributed by atoms with E-state index in [0.29, 0.717) is 11.1 Å². The van der Waals surface area contributed by atoms with Crippen LogP contribution in [0.25, 0.3) is 0 Å². The zero-order valence-electron chi connectivity index (χ0n) is 16.9. The number of Topliss-reactive ketones (excluding diaryl/α,β-unsaturated/α-hetero) is 1. The van der Waals surface area contributed by atoms with Gasteiger partial charge in [-0.3, -0.25) is 4.79 Å². The van der Waals surface area contributed by atoms with Gasteiger partial charge in [0.05, 0.1) is 18.8 Å². The van der Waals surface area contributed by atoms with Crippen LogP contribution in [0.1, 0.15) is 47.5 Å². The number of carbonyl (C=O) groups is 2. The number of rotatable bonds is 5. The fourth-order valence-electron chi connectivity index (χ4n) is 5.50. The molecule has 2 fully saturated rings. The molecule has 1 saturated carbocycles. The average Bonchev–Trinajstić information content (AvgIpc) is 2.78. The maximum Gasteiger partial charge on any atom is 0.336 e. The van der Waals surface area contributed by atoms with Crippen LogP contribution in [0.4, 0.5) is 0 Å². The van der Waals surface area contributed by atoms with Gasteiger partial charge in [-0.05, 0) is 19.8 Å². The number of carbonyl (C=O) groups excluding carboxylic acids is 2. The van der Waals surface area contributed by atoms with Crippen molar-refractivity contribution in [3.05, 3.63) is 11.1 Å². The van der Waals surface area contributed by atoms with Gasteiger partial charge in [-0.15, -0.1) is 0 Å². The van der Waals surface area contributed by atoms with E-state index in [-0.39, 0.29) is 25.4 Å². The van der Waals surface area contributed by atoms with Gasteiger partial charge in [0, 0.05) is 35.3 Å². The Morgan fingerprint density at radius 2 is 1.93 bits per heavy atom. The molecule has 158 valence electrons. The standard InChI is InChI=1S/C20H30O8/c1-9(2)14-10(3)17(24)28-20(14,26)7-18(5)12(22)6-13-19(25,8-27-13)16(18)15(23)11(4)21/h9,12-13,15-16,22-23,25-26H,6-8H2,1-5H3/t12-,13+,15+,16-,18+,19-,20?/m0/s1. The first-order valence-corrected chi connectivity index (χ1v) is 9.65. The lowest BCUT2D eigenvalue weighted by molar-refractivity contribution is -0.337. The van der Waals surface area contributed by atoms with Crippen LogP contribution in [0.3, 0.4) is 0 Å². The zero-order chi connectivity index (χ0) is 21.2. The molecule has 2 heterocycles. The van der Waals surface area contributed by atoms with Gasteiger partial charge in [0.25, 0.3) is 0 Å². The average molecular weight is 398 g/mol. The Balaban J connectivity index is 2.07. The minimum absolute atomic E-state index is 0.0812. The summed E-state index contributed by atoms with van der Waals surface area (Å²) in [5.41, 5.74) is -2.13. The maximum absolute atomic E-state index is 12.2. The molecule has 2 aliphatic heterocycles. The molecular weight excluding hydrogens is 368 g/mol. The van der Waals surface area contributed by atoms with E-state index in [1.54, 1.807) is 13.8 Å². The number of aliphatic hydroxyl groups excluding tert-OH is 2. The largest absolute Gasteiger partial charge is 0.426 e. The molecule has 0 aromatic heterocycles. The summed E-state index contributed by atoms with van der Waals surface area (Å²) < 4.78 is 10.7. The SMILES string of the molecule is CC(=O)[C@@H](O)[C@H]1[C@](C)(CC2(O)OC(=O)C(C)=C2C(C)C)[C@@H](O)C[C@H]2OC[C@]21O. The molecule has 0 bridgehead atoms. The molecule has 0 radical (unpaired) electrons. The molecule has 8 heteroatoms. The third kappa shape index (κ3) is 2.85. The molecule has 0 aromatic carbocycles. The van der Waals surface area contributed by atoms with Crippen LogP contribution in [-0.2, 0) is 19.1 Å². The van der Waals surface area contributed by atoms with Gasteiger partial charge in [-0.2, -0.15) is 0 Å². The predicted molar refractivity (Wildman–Crippen MR) is 96.8 cm³/mol. The lowest BCUT2D eigenvalue weighted by Crippen LogP contribution is -2.75. The quantitative estimate of drug-likeness (QED) is 0.478. The van der Waals surface area contributed by atoms with Crippen molar-refractivity contribution in [2.24, 2.45) is 17.3 Å². The fraction of sp³-hybridized carbons (Fsp3) is 0.800. The van der Waals surface area contributed by atoms with E-state index in [2.05, 4.69) is 0 Å². The third-order valence-electron chi connectivity index (χ3n) is 6.84. The smallest absolute Gasteiger partial charge is 0.336 e. The number of ether oxygens (including phenoxy) is 2. The van der Waals surface area contributed by atoms with Gasteiger partial charge in [-0.25, -0.2) is 4.79 Å². The molecular formula is C20H30O8. The van der Waals surface area contributed by atoms with Gasteiger partial charge in [-0.1, -0.05) is 20.8 Å². The molecule has 0 aromatic rings. The second-order valence-corrected chi connectivity index (χ2v) is 9.13. The molecule has 7 atom stereocenters. The van der Waals surface area contributed by atoms with Crippen LogP contribution in [-0.4, -0.2) is 68.5 Å². The number of ketones is 1. The Labute approximate surface area is 164 Å².